The fraction of sp³-hybridized carbons (Fsp3) is 0.333. The molecule has 0 amide bonds. The molecule has 0 spiro atoms. The van der Waals surface area contributed by atoms with Crippen molar-refractivity contribution in [2.24, 2.45) is 0 Å². The van der Waals surface area contributed by atoms with E-state index in [4.69, 9.17) is 17.0 Å². The molecule has 4 rings (SSSR count). The highest BCUT2D eigenvalue weighted by atomic mass is 32.1. The summed E-state index contributed by atoms with van der Waals surface area (Å²) in [5.74, 6) is 0.857. The van der Waals surface area contributed by atoms with E-state index in [1.807, 2.05) is 30.5 Å². The predicted molar refractivity (Wildman–Crippen MR) is 124 cm³/mol. The van der Waals surface area contributed by atoms with E-state index in [0.717, 1.165) is 29.6 Å². The number of ether oxygens (including phenoxy) is 1. The van der Waals surface area contributed by atoms with Crippen molar-refractivity contribution in [2.45, 2.75) is 45.9 Å². The van der Waals surface area contributed by atoms with Crippen molar-refractivity contribution in [3.8, 4) is 5.75 Å². The summed E-state index contributed by atoms with van der Waals surface area (Å²) in [6.07, 6.45) is 1.85. The third kappa shape index (κ3) is 3.67. The van der Waals surface area contributed by atoms with Crippen LogP contribution in [-0.2, 0) is 13.1 Å². The molecule has 3 aromatic rings. The molecule has 1 saturated heterocycles. The van der Waals surface area contributed by atoms with Crippen LogP contribution in [0, 0.1) is 13.8 Å². The smallest absolute Gasteiger partial charge is 0.170 e. The van der Waals surface area contributed by atoms with Crippen LogP contribution in [0.3, 0.4) is 0 Å². The molecule has 0 aliphatic carbocycles. The van der Waals surface area contributed by atoms with Crippen molar-refractivity contribution < 1.29 is 4.74 Å². The maximum absolute atomic E-state index is 5.81. The Balaban J connectivity index is 1.76. The lowest BCUT2D eigenvalue weighted by Crippen LogP contribution is -2.29. The summed E-state index contributed by atoms with van der Waals surface area (Å²) in [5.41, 5.74) is 6.05. The summed E-state index contributed by atoms with van der Waals surface area (Å²) in [6, 6.07) is 16.6. The molecule has 30 heavy (non-hydrogen) atoms. The summed E-state index contributed by atoms with van der Waals surface area (Å²) in [5, 5.41) is 4.30. The van der Waals surface area contributed by atoms with Gasteiger partial charge in [0.15, 0.2) is 5.11 Å². The molecule has 0 bridgehead atoms. The van der Waals surface area contributed by atoms with Gasteiger partial charge in [0.2, 0.25) is 0 Å². The second-order valence-corrected chi connectivity index (χ2v) is 8.06. The molecule has 2 unspecified atom stereocenters. The molecular weight excluding hydrogens is 392 g/mol. The number of aryl methyl sites for hydroxylation is 1. The van der Waals surface area contributed by atoms with Gasteiger partial charge in [0.05, 0.1) is 24.9 Å². The standard InChI is InChI=1S/C24H28N4OS/c1-5-27-16(2)14-20(17(27)3)23-22(21-8-6-7-13-25-21)26-24(30)28(23)15-18-9-11-19(29-4)12-10-18/h6-14,22-23H,5,15H2,1-4H3,(H,26,30). The quantitative estimate of drug-likeness (QED) is 0.586. The number of nitrogens with one attached hydrogen (secondary N) is 1. The monoisotopic (exact) mass is 420 g/mol. The van der Waals surface area contributed by atoms with Crippen LogP contribution in [0.2, 0.25) is 0 Å². The summed E-state index contributed by atoms with van der Waals surface area (Å²) in [4.78, 5) is 6.93. The van der Waals surface area contributed by atoms with Crippen molar-refractivity contribution >= 4 is 17.3 Å². The van der Waals surface area contributed by atoms with Crippen LogP contribution in [0.4, 0.5) is 0 Å². The Morgan fingerprint density at radius 1 is 1.13 bits per heavy atom. The van der Waals surface area contributed by atoms with Crippen molar-refractivity contribution in [2.75, 3.05) is 7.11 Å². The van der Waals surface area contributed by atoms with Crippen molar-refractivity contribution in [3.63, 3.8) is 0 Å². The first kappa shape index (κ1) is 20.4. The highest BCUT2D eigenvalue weighted by Gasteiger charge is 2.41. The Morgan fingerprint density at radius 2 is 1.90 bits per heavy atom. The van der Waals surface area contributed by atoms with E-state index >= 15 is 0 Å². The summed E-state index contributed by atoms with van der Waals surface area (Å²) in [7, 11) is 1.69. The fourth-order valence-corrected chi connectivity index (χ4v) is 4.76. The fourth-order valence-electron chi connectivity index (χ4n) is 4.46. The van der Waals surface area contributed by atoms with Crippen LogP contribution in [0.15, 0.2) is 54.7 Å². The molecule has 1 fully saturated rings. The minimum atomic E-state index is 0.00255. The second kappa shape index (κ2) is 8.48. The molecule has 1 aliphatic heterocycles. The average Bonchev–Trinajstić information content (AvgIpc) is 3.24. The third-order valence-corrected chi connectivity index (χ3v) is 6.31. The first-order valence-electron chi connectivity index (χ1n) is 10.3. The van der Waals surface area contributed by atoms with Gasteiger partial charge in [-0.15, -0.1) is 0 Å². The largest absolute Gasteiger partial charge is 0.497 e. The van der Waals surface area contributed by atoms with Gasteiger partial charge in [-0.25, -0.2) is 0 Å². The van der Waals surface area contributed by atoms with E-state index in [0.29, 0.717) is 0 Å². The third-order valence-electron chi connectivity index (χ3n) is 5.96. The van der Waals surface area contributed by atoms with Gasteiger partial charge in [0, 0.05) is 30.7 Å². The topological polar surface area (TPSA) is 42.3 Å². The number of hydrogen-bond donors (Lipinski definition) is 1. The molecule has 1 N–H and O–H groups in total. The number of thiocarbonyl (C=S) groups is 1. The van der Waals surface area contributed by atoms with Crippen LogP contribution in [0.5, 0.6) is 5.75 Å². The summed E-state index contributed by atoms with van der Waals surface area (Å²) in [6.45, 7) is 8.24. The molecule has 6 heteroatoms. The first-order valence-corrected chi connectivity index (χ1v) is 10.7. The van der Waals surface area contributed by atoms with E-state index in [1.54, 1.807) is 7.11 Å². The number of benzene rings is 1. The zero-order valence-electron chi connectivity index (χ0n) is 17.9. The van der Waals surface area contributed by atoms with Crippen LogP contribution in [0.25, 0.3) is 0 Å². The van der Waals surface area contributed by atoms with Crippen LogP contribution in [0.1, 0.15) is 47.2 Å². The molecule has 1 aliphatic rings. The van der Waals surface area contributed by atoms with Gasteiger partial charge in [-0.05, 0) is 74.4 Å². The first-order chi connectivity index (χ1) is 14.5. The molecule has 3 heterocycles. The normalized spacial score (nSPS) is 18.5. The van der Waals surface area contributed by atoms with E-state index in [-0.39, 0.29) is 12.1 Å². The highest BCUT2D eigenvalue weighted by molar-refractivity contribution is 7.80. The Kier molecular flexibility index (Phi) is 5.77. The number of rotatable bonds is 6. The van der Waals surface area contributed by atoms with Gasteiger partial charge in [0.1, 0.15) is 5.75 Å². The van der Waals surface area contributed by atoms with Gasteiger partial charge in [-0.2, -0.15) is 0 Å². The Morgan fingerprint density at radius 3 is 2.50 bits per heavy atom. The van der Waals surface area contributed by atoms with Gasteiger partial charge in [-0.1, -0.05) is 18.2 Å². The average molecular weight is 421 g/mol. The maximum atomic E-state index is 5.81. The van der Waals surface area contributed by atoms with E-state index < -0.39 is 0 Å². The SMILES string of the molecule is CCn1c(C)cc(C2C(c3ccccn3)NC(=S)N2Cc2ccc(OC)cc2)c1C. The molecule has 0 radical (unpaired) electrons. The number of aromatic nitrogens is 2. The lowest BCUT2D eigenvalue weighted by atomic mass is 9.96. The molecule has 156 valence electrons. The number of hydrogen-bond acceptors (Lipinski definition) is 3. The predicted octanol–water partition coefficient (Wildman–Crippen LogP) is 4.70. The summed E-state index contributed by atoms with van der Waals surface area (Å²) < 4.78 is 7.67. The van der Waals surface area contributed by atoms with Crippen molar-refractivity contribution in [1.82, 2.24) is 19.8 Å². The van der Waals surface area contributed by atoms with E-state index in [1.165, 1.54) is 22.5 Å². The zero-order valence-corrected chi connectivity index (χ0v) is 18.7. The second-order valence-electron chi connectivity index (χ2n) is 7.67. The summed E-state index contributed by atoms with van der Waals surface area (Å²) >= 11 is 5.81. The lowest BCUT2D eigenvalue weighted by Gasteiger charge is -2.28. The van der Waals surface area contributed by atoms with E-state index in [2.05, 4.69) is 64.8 Å². The Hall–Kier alpha value is -2.86. The zero-order chi connectivity index (χ0) is 21.3. The Bertz CT molecular complexity index is 1030. The molecule has 2 atom stereocenters. The molecule has 2 aromatic heterocycles. The molecule has 1 aromatic carbocycles. The minimum absolute atomic E-state index is 0.00255. The number of pyridine rings is 1. The molecule has 5 nitrogen and oxygen atoms in total. The van der Waals surface area contributed by atoms with Gasteiger partial charge in [0.25, 0.3) is 0 Å². The number of nitrogens with zero attached hydrogens (tertiary/aromatic N) is 3. The maximum Gasteiger partial charge on any atom is 0.170 e. The van der Waals surface area contributed by atoms with Gasteiger partial charge >= 0.3 is 0 Å². The number of methoxy groups -OCH3 is 1. The van der Waals surface area contributed by atoms with E-state index in [9.17, 15) is 0 Å². The van der Waals surface area contributed by atoms with Crippen LogP contribution >= 0.6 is 12.2 Å². The minimum Gasteiger partial charge on any atom is -0.497 e. The highest BCUT2D eigenvalue weighted by Crippen LogP contribution is 2.41. The van der Waals surface area contributed by atoms with Gasteiger partial charge in [-0.3, -0.25) is 4.98 Å². The molecular formula is C24H28N4OS. The van der Waals surface area contributed by atoms with Crippen LogP contribution < -0.4 is 10.1 Å². The lowest BCUT2D eigenvalue weighted by molar-refractivity contribution is 0.309. The van der Waals surface area contributed by atoms with Crippen molar-refractivity contribution in [1.29, 1.82) is 0 Å². The Labute approximate surface area is 183 Å². The van der Waals surface area contributed by atoms with Crippen LogP contribution in [-0.4, -0.2) is 26.7 Å². The van der Waals surface area contributed by atoms with Crippen molar-refractivity contribution in [3.05, 3.63) is 82.9 Å². The molecule has 0 saturated carbocycles. The van der Waals surface area contributed by atoms with Gasteiger partial charge < -0.3 is 19.5 Å².